The van der Waals surface area contributed by atoms with Crippen LogP contribution < -0.4 is 5.32 Å². The number of carboxylic acid groups (broad SMARTS) is 1. The van der Waals surface area contributed by atoms with Crippen molar-refractivity contribution in [2.45, 2.75) is 0 Å². The maximum atomic E-state index is 10.6. The minimum atomic E-state index is -0.915. The van der Waals surface area contributed by atoms with E-state index in [-0.39, 0.29) is 0 Å². The van der Waals surface area contributed by atoms with Gasteiger partial charge < -0.3 is 10.4 Å². The molecule has 0 saturated heterocycles. The standard InChI is InChI=1S/C9H10N2O2/c12-9(13)11-5-3-8-7(6-11)2-1-4-10-8/h1-3,5,10H,4,6H2,(H,12,13). The predicted molar refractivity (Wildman–Crippen MR) is 48.0 cm³/mol. The molecule has 13 heavy (non-hydrogen) atoms. The van der Waals surface area contributed by atoms with E-state index in [1.807, 2.05) is 12.2 Å². The van der Waals surface area contributed by atoms with Gasteiger partial charge in [0.25, 0.3) is 0 Å². The number of allylic oxidation sites excluding steroid dienone is 1. The second-order valence-electron chi connectivity index (χ2n) is 2.95. The van der Waals surface area contributed by atoms with Gasteiger partial charge in [-0.3, -0.25) is 4.90 Å². The zero-order chi connectivity index (χ0) is 9.26. The lowest BCUT2D eigenvalue weighted by Gasteiger charge is -2.24. The van der Waals surface area contributed by atoms with Gasteiger partial charge in [-0.2, -0.15) is 0 Å². The van der Waals surface area contributed by atoms with Crippen LogP contribution in [0.3, 0.4) is 0 Å². The summed E-state index contributed by atoms with van der Waals surface area (Å²) in [5.74, 6) is 0. The number of rotatable bonds is 0. The van der Waals surface area contributed by atoms with Crippen molar-refractivity contribution in [1.29, 1.82) is 0 Å². The molecule has 1 amide bonds. The minimum absolute atomic E-state index is 0.435. The molecule has 4 nitrogen and oxygen atoms in total. The second kappa shape index (κ2) is 2.97. The maximum absolute atomic E-state index is 10.6. The fourth-order valence-electron chi connectivity index (χ4n) is 1.41. The van der Waals surface area contributed by atoms with Gasteiger partial charge in [0.1, 0.15) is 0 Å². The second-order valence-corrected chi connectivity index (χ2v) is 2.95. The Morgan fingerprint density at radius 1 is 1.54 bits per heavy atom. The Hall–Kier alpha value is -1.71. The van der Waals surface area contributed by atoms with Crippen molar-refractivity contribution in [2.24, 2.45) is 0 Å². The summed E-state index contributed by atoms with van der Waals surface area (Å²) in [6.45, 7) is 1.25. The van der Waals surface area contributed by atoms with Crippen molar-refractivity contribution in [2.75, 3.05) is 13.1 Å². The van der Waals surface area contributed by atoms with Crippen LogP contribution in [0.2, 0.25) is 0 Å². The zero-order valence-corrected chi connectivity index (χ0v) is 7.03. The van der Waals surface area contributed by atoms with Crippen molar-refractivity contribution in [3.63, 3.8) is 0 Å². The molecule has 0 fully saturated rings. The van der Waals surface area contributed by atoms with Crippen LogP contribution in [-0.4, -0.2) is 29.2 Å². The third-order valence-corrected chi connectivity index (χ3v) is 2.08. The monoisotopic (exact) mass is 178 g/mol. The fourth-order valence-corrected chi connectivity index (χ4v) is 1.41. The van der Waals surface area contributed by atoms with Crippen LogP contribution >= 0.6 is 0 Å². The summed E-state index contributed by atoms with van der Waals surface area (Å²) in [4.78, 5) is 11.9. The molecule has 2 N–H and O–H groups in total. The highest BCUT2D eigenvalue weighted by Gasteiger charge is 2.17. The van der Waals surface area contributed by atoms with Gasteiger partial charge in [0.05, 0.1) is 6.54 Å². The van der Waals surface area contributed by atoms with E-state index >= 15 is 0 Å². The van der Waals surface area contributed by atoms with E-state index in [1.54, 1.807) is 12.3 Å². The van der Waals surface area contributed by atoms with Gasteiger partial charge in [0.15, 0.2) is 0 Å². The number of amides is 1. The molecular formula is C9H10N2O2. The molecule has 0 saturated carbocycles. The molecule has 2 aliphatic heterocycles. The van der Waals surface area contributed by atoms with E-state index in [0.717, 1.165) is 17.8 Å². The molecule has 0 aliphatic carbocycles. The first-order chi connectivity index (χ1) is 6.27. The van der Waals surface area contributed by atoms with Gasteiger partial charge in [0, 0.05) is 18.4 Å². The first kappa shape index (κ1) is 7.91. The Morgan fingerprint density at radius 2 is 2.38 bits per heavy atom. The minimum Gasteiger partial charge on any atom is -0.465 e. The van der Waals surface area contributed by atoms with Gasteiger partial charge in [-0.25, -0.2) is 4.79 Å². The maximum Gasteiger partial charge on any atom is 0.411 e. The third-order valence-electron chi connectivity index (χ3n) is 2.08. The van der Waals surface area contributed by atoms with Crippen LogP contribution in [0.25, 0.3) is 0 Å². The smallest absolute Gasteiger partial charge is 0.411 e. The van der Waals surface area contributed by atoms with Crippen molar-refractivity contribution in [3.05, 3.63) is 35.7 Å². The molecule has 0 bridgehead atoms. The Bertz CT molecular complexity index is 329. The molecule has 2 rings (SSSR count). The molecule has 2 aliphatic rings. The molecule has 0 atom stereocenters. The van der Waals surface area contributed by atoms with E-state index in [0.29, 0.717) is 6.54 Å². The molecule has 0 radical (unpaired) electrons. The number of hydrogen-bond acceptors (Lipinski definition) is 2. The summed E-state index contributed by atoms with van der Waals surface area (Å²) in [6, 6.07) is 0. The highest BCUT2D eigenvalue weighted by atomic mass is 16.4. The highest BCUT2D eigenvalue weighted by Crippen LogP contribution is 2.16. The largest absolute Gasteiger partial charge is 0.465 e. The molecule has 0 aromatic carbocycles. The van der Waals surface area contributed by atoms with Crippen molar-refractivity contribution >= 4 is 6.09 Å². The number of hydrogen-bond donors (Lipinski definition) is 2. The third kappa shape index (κ3) is 1.42. The average molecular weight is 178 g/mol. The predicted octanol–water partition coefficient (Wildman–Crippen LogP) is 0.907. The van der Waals surface area contributed by atoms with E-state index in [4.69, 9.17) is 5.11 Å². The molecule has 0 aromatic rings. The fraction of sp³-hybridized carbons (Fsp3) is 0.222. The summed E-state index contributed by atoms with van der Waals surface area (Å²) in [5, 5.41) is 11.9. The van der Waals surface area contributed by atoms with Crippen LogP contribution in [0.4, 0.5) is 4.79 Å². The van der Waals surface area contributed by atoms with E-state index < -0.39 is 6.09 Å². The molecular weight excluding hydrogens is 168 g/mol. The number of nitrogens with one attached hydrogen (secondary N) is 1. The molecule has 4 heteroatoms. The first-order valence-corrected chi connectivity index (χ1v) is 4.09. The lowest BCUT2D eigenvalue weighted by Crippen LogP contribution is -2.32. The van der Waals surface area contributed by atoms with Crippen LogP contribution in [0, 0.1) is 0 Å². The van der Waals surface area contributed by atoms with Gasteiger partial charge in [0.2, 0.25) is 0 Å². The highest BCUT2D eigenvalue weighted by molar-refractivity contribution is 5.68. The molecule has 0 unspecified atom stereocenters. The van der Waals surface area contributed by atoms with Crippen LogP contribution in [0.15, 0.2) is 35.7 Å². The zero-order valence-electron chi connectivity index (χ0n) is 7.03. The lowest BCUT2D eigenvalue weighted by atomic mass is 10.1. The lowest BCUT2D eigenvalue weighted by molar-refractivity contribution is 0.165. The average Bonchev–Trinajstić information content (AvgIpc) is 2.17. The summed E-state index contributed by atoms with van der Waals surface area (Å²) in [5.41, 5.74) is 2.05. The molecule has 68 valence electrons. The van der Waals surface area contributed by atoms with Gasteiger partial charge in [-0.05, 0) is 11.6 Å². The Morgan fingerprint density at radius 3 is 3.15 bits per heavy atom. The molecule has 0 aromatic heterocycles. The van der Waals surface area contributed by atoms with E-state index in [1.165, 1.54) is 4.90 Å². The Balaban J connectivity index is 2.20. The van der Waals surface area contributed by atoms with Gasteiger partial charge in [-0.15, -0.1) is 0 Å². The topological polar surface area (TPSA) is 52.6 Å². The van der Waals surface area contributed by atoms with E-state index in [2.05, 4.69) is 5.32 Å². The number of dihydropyridines is 1. The summed E-state index contributed by atoms with van der Waals surface area (Å²) < 4.78 is 0. The summed E-state index contributed by atoms with van der Waals surface area (Å²) >= 11 is 0. The molecule has 0 spiro atoms. The number of carbonyl (C=O) groups is 1. The SMILES string of the molecule is O=C(O)N1C=CC2=C(C=CCN2)C1. The van der Waals surface area contributed by atoms with Crippen molar-refractivity contribution in [1.82, 2.24) is 10.2 Å². The van der Waals surface area contributed by atoms with Crippen LogP contribution in [0.5, 0.6) is 0 Å². The normalized spacial score (nSPS) is 19.8. The quantitative estimate of drug-likeness (QED) is 0.579. The Labute approximate surface area is 75.8 Å². The van der Waals surface area contributed by atoms with Gasteiger partial charge >= 0.3 is 6.09 Å². The van der Waals surface area contributed by atoms with Crippen molar-refractivity contribution < 1.29 is 9.90 Å². The number of nitrogens with zero attached hydrogens (tertiary/aromatic N) is 1. The molecule has 2 heterocycles. The van der Waals surface area contributed by atoms with Crippen LogP contribution in [-0.2, 0) is 0 Å². The Kier molecular flexibility index (Phi) is 1.81. The van der Waals surface area contributed by atoms with Gasteiger partial charge in [-0.1, -0.05) is 12.2 Å². The van der Waals surface area contributed by atoms with E-state index in [9.17, 15) is 4.79 Å². The van der Waals surface area contributed by atoms with Crippen LogP contribution in [0.1, 0.15) is 0 Å². The van der Waals surface area contributed by atoms with Crippen molar-refractivity contribution in [3.8, 4) is 0 Å². The summed E-state index contributed by atoms with van der Waals surface area (Å²) in [6.07, 6.45) is 6.40. The first-order valence-electron chi connectivity index (χ1n) is 4.09. The summed E-state index contributed by atoms with van der Waals surface area (Å²) in [7, 11) is 0.